The van der Waals surface area contributed by atoms with Crippen LogP contribution >= 0.6 is 0 Å². The Hall–Kier alpha value is -2.42. The number of anilines is 1. The van der Waals surface area contributed by atoms with Crippen LogP contribution in [0, 0.1) is 6.92 Å². The lowest BCUT2D eigenvalue weighted by molar-refractivity contribution is -0.116. The SMILES string of the molecule is COc1ccc(NC(=O)CN2CCN(Cc3ccccc3C)S2(=O)=O)cc1. The van der Waals surface area contributed by atoms with Crippen molar-refractivity contribution in [1.82, 2.24) is 8.61 Å². The van der Waals surface area contributed by atoms with Gasteiger partial charge in [0.1, 0.15) is 5.75 Å². The predicted molar refractivity (Wildman–Crippen MR) is 104 cm³/mol. The van der Waals surface area contributed by atoms with E-state index in [4.69, 9.17) is 4.74 Å². The van der Waals surface area contributed by atoms with Crippen molar-refractivity contribution in [2.45, 2.75) is 13.5 Å². The van der Waals surface area contributed by atoms with E-state index in [1.807, 2.05) is 31.2 Å². The maximum absolute atomic E-state index is 12.7. The van der Waals surface area contributed by atoms with Gasteiger partial charge in [0.25, 0.3) is 10.2 Å². The number of nitrogens with one attached hydrogen (secondary N) is 1. The Bertz CT molecular complexity index is 913. The Morgan fingerprint density at radius 1 is 1.07 bits per heavy atom. The number of rotatable bonds is 6. The van der Waals surface area contributed by atoms with Gasteiger partial charge in [-0.3, -0.25) is 4.79 Å². The van der Waals surface area contributed by atoms with Crippen LogP contribution in [0.2, 0.25) is 0 Å². The van der Waals surface area contributed by atoms with Gasteiger partial charge in [0.05, 0.1) is 13.7 Å². The molecule has 0 atom stereocenters. The molecule has 0 saturated carbocycles. The zero-order chi connectivity index (χ0) is 19.4. The topological polar surface area (TPSA) is 79.0 Å². The zero-order valence-corrected chi connectivity index (χ0v) is 16.2. The Labute approximate surface area is 159 Å². The molecule has 144 valence electrons. The number of nitrogens with zero attached hydrogens (tertiary/aromatic N) is 2. The molecule has 0 aromatic heterocycles. The van der Waals surface area contributed by atoms with Crippen molar-refractivity contribution >= 4 is 21.8 Å². The molecular weight excluding hydrogens is 366 g/mol. The molecule has 8 heteroatoms. The van der Waals surface area contributed by atoms with Crippen LogP contribution in [0.3, 0.4) is 0 Å². The summed E-state index contributed by atoms with van der Waals surface area (Å²) in [5, 5.41) is 2.71. The van der Waals surface area contributed by atoms with Gasteiger partial charge in [-0.1, -0.05) is 24.3 Å². The van der Waals surface area contributed by atoms with E-state index in [2.05, 4.69) is 5.32 Å². The van der Waals surface area contributed by atoms with Crippen LogP contribution < -0.4 is 10.1 Å². The number of carbonyl (C=O) groups excluding carboxylic acids is 1. The first-order chi connectivity index (χ1) is 12.9. The third kappa shape index (κ3) is 4.47. The fraction of sp³-hybridized carbons (Fsp3) is 0.316. The molecule has 1 amide bonds. The lowest BCUT2D eigenvalue weighted by atomic mass is 10.1. The van der Waals surface area contributed by atoms with Gasteiger partial charge in [0, 0.05) is 25.3 Å². The van der Waals surface area contributed by atoms with E-state index >= 15 is 0 Å². The average molecular weight is 389 g/mol. The van der Waals surface area contributed by atoms with Crippen LogP contribution in [0.15, 0.2) is 48.5 Å². The number of carbonyl (C=O) groups is 1. The van der Waals surface area contributed by atoms with Crippen LogP contribution in [-0.2, 0) is 21.5 Å². The summed E-state index contributed by atoms with van der Waals surface area (Å²) in [5.74, 6) is 0.309. The molecule has 1 fully saturated rings. The smallest absolute Gasteiger partial charge is 0.282 e. The highest BCUT2D eigenvalue weighted by Crippen LogP contribution is 2.21. The predicted octanol–water partition coefficient (Wildman–Crippen LogP) is 2.00. The minimum atomic E-state index is -3.66. The van der Waals surface area contributed by atoms with E-state index in [0.29, 0.717) is 31.1 Å². The summed E-state index contributed by atoms with van der Waals surface area (Å²) < 4.78 is 33.2. The first-order valence-electron chi connectivity index (χ1n) is 8.64. The first-order valence-corrected chi connectivity index (χ1v) is 10.0. The van der Waals surface area contributed by atoms with Gasteiger partial charge in [0.2, 0.25) is 5.91 Å². The van der Waals surface area contributed by atoms with Gasteiger partial charge in [-0.05, 0) is 42.3 Å². The molecule has 0 aliphatic carbocycles. The molecule has 1 heterocycles. The van der Waals surface area contributed by atoms with Gasteiger partial charge < -0.3 is 10.1 Å². The Kier molecular flexibility index (Phi) is 5.79. The molecule has 0 spiro atoms. The average Bonchev–Trinajstić information content (AvgIpc) is 2.91. The lowest BCUT2D eigenvalue weighted by Gasteiger charge is -2.19. The van der Waals surface area contributed by atoms with Crippen molar-refractivity contribution in [2.24, 2.45) is 0 Å². The summed E-state index contributed by atoms with van der Waals surface area (Å²) in [5.41, 5.74) is 2.60. The highest BCUT2D eigenvalue weighted by atomic mass is 32.2. The normalized spacial score (nSPS) is 17.0. The summed E-state index contributed by atoms with van der Waals surface area (Å²) in [4.78, 5) is 12.3. The molecule has 2 aromatic carbocycles. The maximum atomic E-state index is 12.7. The van der Waals surface area contributed by atoms with E-state index in [1.54, 1.807) is 31.4 Å². The number of hydrogen-bond donors (Lipinski definition) is 1. The number of ether oxygens (including phenoxy) is 1. The third-order valence-corrected chi connectivity index (χ3v) is 6.48. The maximum Gasteiger partial charge on any atom is 0.282 e. The van der Waals surface area contributed by atoms with Crippen molar-refractivity contribution in [2.75, 3.05) is 32.1 Å². The van der Waals surface area contributed by atoms with E-state index < -0.39 is 10.2 Å². The molecule has 3 rings (SSSR count). The number of amides is 1. The third-order valence-electron chi connectivity index (χ3n) is 4.55. The number of hydrogen-bond acceptors (Lipinski definition) is 4. The second-order valence-corrected chi connectivity index (χ2v) is 8.31. The van der Waals surface area contributed by atoms with Gasteiger partial charge in [0.15, 0.2) is 0 Å². The van der Waals surface area contributed by atoms with Crippen molar-refractivity contribution in [3.05, 3.63) is 59.7 Å². The van der Waals surface area contributed by atoms with E-state index in [-0.39, 0.29) is 12.5 Å². The molecular formula is C19H23N3O4S. The molecule has 1 aliphatic rings. The fourth-order valence-corrected chi connectivity index (χ4v) is 4.48. The largest absolute Gasteiger partial charge is 0.497 e. The van der Waals surface area contributed by atoms with Crippen molar-refractivity contribution in [3.8, 4) is 5.75 Å². The Morgan fingerprint density at radius 3 is 2.41 bits per heavy atom. The summed E-state index contributed by atoms with van der Waals surface area (Å²) in [6.45, 7) is 2.72. The van der Waals surface area contributed by atoms with Gasteiger partial charge in [-0.25, -0.2) is 0 Å². The molecule has 1 N–H and O–H groups in total. The minimum Gasteiger partial charge on any atom is -0.497 e. The highest BCUT2D eigenvalue weighted by molar-refractivity contribution is 7.87. The Balaban J connectivity index is 1.62. The van der Waals surface area contributed by atoms with Gasteiger partial charge in [-0.15, -0.1) is 0 Å². The standard InChI is InChI=1S/C19H23N3O4S/c1-15-5-3-4-6-16(15)13-21-11-12-22(27(21,24)25)14-19(23)20-17-7-9-18(26-2)10-8-17/h3-10H,11-14H2,1-2H3,(H,20,23). The zero-order valence-electron chi connectivity index (χ0n) is 15.4. The molecule has 0 bridgehead atoms. The number of methoxy groups -OCH3 is 1. The number of benzene rings is 2. The Morgan fingerprint density at radius 2 is 1.74 bits per heavy atom. The van der Waals surface area contributed by atoms with Crippen molar-refractivity contribution in [3.63, 3.8) is 0 Å². The van der Waals surface area contributed by atoms with E-state index in [9.17, 15) is 13.2 Å². The number of aryl methyl sites for hydroxylation is 1. The molecule has 27 heavy (non-hydrogen) atoms. The monoisotopic (exact) mass is 389 g/mol. The quantitative estimate of drug-likeness (QED) is 0.820. The van der Waals surface area contributed by atoms with Gasteiger partial charge in [-0.2, -0.15) is 17.0 Å². The molecule has 1 aliphatic heterocycles. The highest BCUT2D eigenvalue weighted by Gasteiger charge is 2.37. The van der Waals surface area contributed by atoms with Crippen LogP contribution in [0.1, 0.15) is 11.1 Å². The lowest BCUT2D eigenvalue weighted by Crippen LogP contribution is -2.37. The van der Waals surface area contributed by atoms with Crippen molar-refractivity contribution < 1.29 is 17.9 Å². The second kappa shape index (κ2) is 8.08. The summed E-state index contributed by atoms with van der Waals surface area (Å²) in [7, 11) is -2.09. The van der Waals surface area contributed by atoms with Crippen LogP contribution in [0.25, 0.3) is 0 Å². The molecule has 7 nitrogen and oxygen atoms in total. The molecule has 0 radical (unpaired) electrons. The van der Waals surface area contributed by atoms with Crippen LogP contribution in [0.5, 0.6) is 5.75 Å². The summed E-state index contributed by atoms with van der Waals surface area (Å²) in [6, 6.07) is 14.6. The van der Waals surface area contributed by atoms with Crippen LogP contribution in [-0.4, -0.2) is 49.7 Å². The fourth-order valence-electron chi connectivity index (χ4n) is 2.95. The van der Waals surface area contributed by atoms with Crippen LogP contribution in [0.4, 0.5) is 5.69 Å². The molecule has 2 aromatic rings. The second-order valence-electron chi connectivity index (χ2n) is 6.38. The summed E-state index contributed by atoms with van der Waals surface area (Å²) in [6.07, 6.45) is 0. The van der Waals surface area contributed by atoms with E-state index in [1.165, 1.54) is 8.61 Å². The first kappa shape index (κ1) is 19.3. The van der Waals surface area contributed by atoms with E-state index in [0.717, 1.165) is 11.1 Å². The molecule has 1 saturated heterocycles. The minimum absolute atomic E-state index is 0.210. The summed E-state index contributed by atoms with van der Waals surface area (Å²) >= 11 is 0. The van der Waals surface area contributed by atoms with Gasteiger partial charge >= 0.3 is 0 Å². The molecule has 0 unspecified atom stereocenters. The van der Waals surface area contributed by atoms with Crippen molar-refractivity contribution in [1.29, 1.82) is 0 Å².